The van der Waals surface area contributed by atoms with Crippen LogP contribution in [0.15, 0.2) is 0 Å². The van der Waals surface area contributed by atoms with Gasteiger partial charge in [0.2, 0.25) is 0 Å². The molecule has 2 heterocycles. The lowest BCUT2D eigenvalue weighted by atomic mass is 10.0. The van der Waals surface area contributed by atoms with Crippen molar-refractivity contribution in [3.8, 4) is 0 Å². The molecule has 106 valence electrons. The Kier molecular flexibility index (Phi) is 5.93. The molecule has 1 N–H and O–H groups in total. The van der Waals surface area contributed by atoms with E-state index in [0.29, 0.717) is 6.04 Å². The van der Waals surface area contributed by atoms with Gasteiger partial charge in [-0.2, -0.15) is 0 Å². The van der Waals surface area contributed by atoms with Crippen LogP contribution in [0.4, 0.5) is 0 Å². The van der Waals surface area contributed by atoms with E-state index >= 15 is 0 Å². The summed E-state index contributed by atoms with van der Waals surface area (Å²) in [4.78, 5) is 2.67. The van der Waals surface area contributed by atoms with Crippen LogP contribution in [-0.4, -0.2) is 50.3 Å². The maximum absolute atomic E-state index is 5.60. The molecule has 2 fully saturated rings. The summed E-state index contributed by atoms with van der Waals surface area (Å²) in [6, 6.07) is 0.692. The Bertz CT molecular complexity index is 227. The van der Waals surface area contributed by atoms with Crippen molar-refractivity contribution < 1.29 is 4.74 Å². The molecule has 2 aliphatic rings. The van der Waals surface area contributed by atoms with Gasteiger partial charge in [-0.1, -0.05) is 13.8 Å². The maximum atomic E-state index is 5.60. The van der Waals surface area contributed by atoms with Crippen molar-refractivity contribution in [1.82, 2.24) is 10.2 Å². The number of rotatable bonds is 4. The summed E-state index contributed by atoms with van der Waals surface area (Å²) in [6.07, 6.45) is 5.21. The minimum Gasteiger partial charge on any atom is -0.381 e. The van der Waals surface area contributed by atoms with E-state index < -0.39 is 0 Å². The summed E-state index contributed by atoms with van der Waals surface area (Å²) in [5.41, 5.74) is 0. The van der Waals surface area contributed by atoms with Crippen molar-refractivity contribution in [3.63, 3.8) is 0 Å². The molecule has 0 amide bonds. The van der Waals surface area contributed by atoms with E-state index in [-0.39, 0.29) is 0 Å². The molecule has 0 bridgehead atoms. The Labute approximate surface area is 112 Å². The summed E-state index contributed by atoms with van der Waals surface area (Å²) >= 11 is 0. The first kappa shape index (κ1) is 14.3. The molecule has 0 aromatic heterocycles. The van der Waals surface area contributed by atoms with Gasteiger partial charge in [0.15, 0.2) is 0 Å². The smallest absolute Gasteiger partial charge is 0.0506 e. The maximum Gasteiger partial charge on any atom is 0.0506 e. The van der Waals surface area contributed by atoms with Crippen LogP contribution in [0, 0.1) is 11.8 Å². The molecule has 0 aromatic carbocycles. The molecule has 2 unspecified atom stereocenters. The van der Waals surface area contributed by atoms with Crippen LogP contribution >= 0.6 is 0 Å². The number of hydrogen-bond donors (Lipinski definition) is 1. The standard InChI is InChI=1S/C15H30N2O/c1-13(2)9-15-11-17(7-4-6-16-15)10-14-5-3-8-18-12-14/h13-16H,3-12H2,1-2H3. The highest BCUT2D eigenvalue weighted by Gasteiger charge is 2.22. The summed E-state index contributed by atoms with van der Waals surface area (Å²) in [6.45, 7) is 11.5. The minimum atomic E-state index is 0.692. The quantitative estimate of drug-likeness (QED) is 0.832. The summed E-state index contributed by atoms with van der Waals surface area (Å²) in [5, 5.41) is 3.71. The third-order valence-corrected chi connectivity index (χ3v) is 4.09. The zero-order chi connectivity index (χ0) is 12.8. The molecule has 0 aliphatic carbocycles. The molecule has 3 nitrogen and oxygen atoms in total. The Balaban J connectivity index is 1.78. The molecule has 0 radical (unpaired) electrons. The fourth-order valence-electron chi connectivity index (χ4n) is 3.29. The second-order valence-electron chi connectivity index (χ2n) is 6.48. The number of nitrogens with zero attached hydrogens (tertiary/aromatic N) is 1. The summed E-state index contributed by atoms with van der Waals surface area (Å²) < 4.78 is 5.60. The largest absolute Gasteiger partial charge is 0.381 e. The van der Waals surface area contributed by atoms with Crippen LogP contribution < -0.4 is 5.32 Å². The lowest BCUT2D eigenvalue weighted by molar-refractivity contribution is 0.0380. The van der Waals surface area contributed by atoms with Crippen molar-refractivity contribution in [2.75, 3.05) is 39.4 Å². The molecule has 2 atom stereocenters. The fourth-order valence-corrected chi connectivity index (χ4v) is 3.29. The summed E-state index contributed by atoms with van der Waals surface area (Å²) in [7, 11) is 0. The normalized spacial score (nSPS) is 31.5. The van der Waals surface area contributed by atoms with Crippen LogP contribution in [0.5, 0.6) is 0 Å². The fraction of sp³-hybridized carbons (Fsp3) is 1.00. The zero-order valence-corrected chi connectivity index (χ0v) is 12.2. The van der Waals surface area contributed by atoms with E-state index in [2.05, 4.69) is 24.1 Å². The van der Waals surface area contributed by atoms with Crippen molar-refractivity contribution in [2.24, 2.45) is 11.8 Å². The monoisotopic (exact) mass is 254 g/mol. The highest BCUT2D eigenvalue weighted by Crippen LogP contribution is 2.17. The van der Waals surface area contributed by atoms with Crippen LogP contribution in [-0.2, 0) is 4.74 Å². The molecule has 2 saturated heterocycles. The van der Waals surface area contributed by atoms with E-state index in [0.717, 1.165) is 25.0 Å². The highest BCUT2D eigenvalue weighted by atomic mass is 16.5. The van der Waals surface area contributed by atoms with Crippen molar-refractivity contribution in [3.05, 3.63) is 0 Å². The van der Waals surface area contributed by atoms with Crippen LogP contribution in [0.1, 0.15) is 39.5 Å². The minimum absolute atomic E-state index is 0.692. The lowest BCUT2D eigenvalue weighted by Crippen LogP contribution is -2.41. The third kappa shape index (κ3) is 4.87. The molecule has 3 heteroatoms. The van der Waals surface area contributed by atoms with Crippen LogP contribution in [0.25, 0.3) is 0 Å². The van der Waals surface area contributed by atoms with E-state index in [9.17, 15) is 0 Å². The topological polar surface area (TPSA) is 24.5 Å². The molecule has 0 saturated carbocycles. The Morgan fingerprint density at radius 2 is 2.22 bits per heavy atom. The van der Waals surface area contributed by atoms with Crippen LogP contribution in [0.3, 0.4) is 0 Å². The number of nitrogens with one attached hydrogen (secondary N) is 1. The second-order valence-corrected chi connectivity index (χ2v) is 6.48. The van der Waals surface area contributed by atoms with Crippen molar-refractivity contribution in [1.29, 1.82) is 0 Å². The van der Waals surface area contributed by atoms with Gasteiger partial charge in [0, 0.05) is 25.7 Å². The van der Waals surface area contributed by atoms with Gasteiger partial charge >= 0.3 is 0 Å². The van der Waals surface area contributed by atoms with Gasteiger partial charge in [0.05, 0.1) is 6.61 Å². The third-order valence-electron chi connectivity index (χ3n) is 4.09. The number of hydrogen-bond acceptors (Lipinski definition) is 3. The molecule has 2 aliphatic heterocycles. The first-order valence-electron chi connectivity index (χ1n) is 7.77. The Hall–Kier alpha value is -0.120. The van der Waals surface area contributed by atoms with Gasteiger partial charge in [-0.25, -0.2) is 0 Å². The predicted molar refractivity (Wildman–Crippen MR) is 75.8 cm³/mol. The van der Waals surface area contributed by atoms with Gasteiger partial charge in [-0.05, 0) is 50.6 Å². The molecule has 0 spiro atoms. The molecule has 2 rings (SSSR count). The molecular weight excluding hydrogens is 224 g/mol. The average molecular weight is 254 g/mol. The van der Waals surface area contributed by atoms with Gasteiger partial charge in [0.1, 0.15) is 0 Å². The number of ether oxygens (including phenoxy) is 1. The van der Waals surface area contributed by atoms with Gasteiger partial charge in [-0.3, -0.25) is 0 Å². The molecule has 18 heavy (non-hydrogen) atoms. The van der Waals surface area contributed by atoms with E-state index in [1.807, 2.05) is 0 Å². The van der Waals surface area contributed by atoms with Crippen molar-refractivity contribution in [2.45, 2.75) is 45.6 Å². The zero-order valence-electron chi connectivity index (χ0n) is 12.2. The van der Waals surface area contributed by atoms with E-state index in [4.69, 9.17) is 4.74 Å². The second kappa shape index (κ2) is 7.46. The predicted octanol–water partition coefficient (Wildman–Crippen LogP) is 2.12. The first-order valence-corrected chi connectivity index (χ1v) is 7.77. The van der Waals surface area contributed by atoms with E-state index in [1.165, 1.54) is 51.9 Å². The van der Waals surface area contributed by atoms with Crippen LogP contribution in [0.2, 0.25) is 0 Å². The van der Waals surface area contributed by atoms with Gasteiger partial charge < -0.3 is 15.0 Å². The molecule has 0 aromatic rings. The average Bonchev–Trinajstić information content (AvgIpc) is 2.55. The van der Waals surface area contributed by atoms with Crippen molar-refractivity contribution >= 4 is 0 Å². The van der Waals surface area contributed by atoms with Gasteiger partial charge in [0.25, 0.3) is 0 Å². The Morgan fingerprint density at radius 1 is 1.33 bits per heavy atom. The molecular formula is C15H30N2O. The van der Waals surface area contributed by atoms with E-state index in [1.54, 1.807) is 0 Å². The summed E-state index contributed by atoms with van der Waals surface area (Å²) in [5.74, 6) is 1.57. The van der Waals surface area contributed by atoms with Gasteiger partial charge in [-0.15, -0.1) is 0 Å². The highest BCUT2D eigenvalue weighted by molar-refractivity contribution is 4.79. The lowest BCUT2D eigenvalue weighted by Gasteiger charge is -2.30. The first-order chi connectivity index (χ1) is 8.74. The SMILES string of the molecule is CC(C)CC1CN(CC2CCCOC2)CCCN1. The Morgan fingerprint density at radius 3 is 2.94 bits per heavy atom.